The molecule has 6 nitrogen and oxygen atoms in total. The molecule has 0 aliphatic carbocycles. The molecule has 1 aliphatic heterocycles. The van der Waals surface area contributed by atoms with E-state index in [2.05, 4.69) is 10.2 Å². The number of nitrogens with one attached hydrogen (secondary N) is 1. The van der Waals surface area contributed by atoms with Crippen molar-refractivity contribution in [3.8, 4) is 11.5 Å². The lowest BCUT2D eigenvalue weighted by Gasteiger charge is -2.33. The highest BCUT2D eigenvalue weighted by molar-refractivity contribution is 6.34. The van der Waals surface area contributed by atoms with Gasteiger partial charge in [0.15, 0.2) is 0 Å². The first-order chi connectivity index (χ1) is 15.4. The molecule has 0 spiro atoms. The summed E-state index contributed by atoms with van der Waals surface area (Å²) in [6.45, 7) is 5.24. The predicted molar refractivity (Wildman–Crippen MR) is 128 cm³/mol. The molecule has 8 heteroatoms. The minimum atomic E-state index is -0.615. The molecule has 1 fully saturated rings. The van der Waals surface area contributed by atoms with Gasteiger partial charge in [-0.2, -0.15) is 0 Å². The van der Waals surface area contributed by atoms with E-state index >= 15 is 0 Å². The third kappa shape index (κ3) is 8.43. The molecule has 1 heterocycles. The summed E-state index contributed by atoms with van der Waals surface area (Å²) >= 11 is 12.0. The van der Waals surface area contributed by atoms with Gasteiger partial charge in [0.05, 0.1) is 5.02 Å². The Labute approximate surface area is 200 Å². The van der Waals surface area contributed by atoms with Crippen LogP contribution in [0.15, 0.2) is 42.5 Å². The first-order valence-electron chi connectivity index (χ1n) is 11.0. The van der Waals surface area contributed by atoms with Crippen LogP contribution >= 0.6 is 23.2 Å². The van der Waals surface area contributed by atoms with Crippen LogP contribution in [0.5, 0.6) is 11.5 Å². The fraction of sp³-hybridized carbons (Fsp3) is 0.500. The molecule has 0 aromatic heterocycles. The molecule has 0 saturated carbocycles. The average Bonchev–Trinajstić information content (AvgIpc) is 2.79. The predicted octanol–water partition coefficient (Wildman–Crippen LogP) is 3.54. The summed E-state index contributed by atoms with van der Waals surface area (Å²) in [7, 11) is 0. The summed E-state index contributed by atoms with van der Waals surface area (Å²) in [5.74, 6) is 1.24. The number of aliphatic hydroxyl groups is 2. The number of nitrogens with zero attached hydrogens (tertiary/aromatic N) is 1. The van der Waals surface area contributed by atoms with Crippen molar-refractivity contribution in [1.29, 1.82) is 0 Å². The van der Waals surface area contributed by atoms with Gasteiger partial charge in [0, 0.05) is 30.2 Å². The molecule has 32 heavy (non-hydrogen) atoms. The van der Waals surface area contributed by atoms with E-state index in [0.717, 1.165) is 31.7 Å². The second-order valence-corrected chi connectivity index (χ2v) is 9.14. The first kappa shape index (κ1) is 25.1. The summed E-state index contributed by atoms with van der Waals surface area (Å²) in [5.41, 5.74) is 1.18. The van der Waals surface area contributed by atoms with Gasteiger partial charge in [-0.15, -0.1) is 0 Å². The summed E-state index contributed by atoms with van der Waals surface area (Å²) in [5, 5.41) is 25.0. The standard InChI is InChI=1S/C24H32Cl2N2O4/c1-17-2-5-22(6-3-17)31-15-20(29)13-27-19-8-10-28(11-9-19)14-21(30)16-32-24-12-18(25)4-7-23(24)26/h2-7,12,19-21,27,29-30H,8-11,13-16H2,1H3/t20-,21-/m0/s1. The van der Waals surface area contributed by atoms with Gasteiger partial charge in [-0.25, -0.2) is 0 Å². The fourth-order valence-electron chi connectivity index (χ4n) is 3.63. The minimum absolute atomic E-state index is 0.158. The van der Waals surface area contributed by atoms with Crippen molar-refractivity contribution < 1.29 is 19.7 Å². The number of β-amino-alcohol motifs (C(OH)–C–C–N with tert-alkyl or cyclic N) is 1. The van der Waals surface area contributed by atoms with Crippen LogP contribution in [0, 0.1) is 6.92 Å². The number of likely N-dealkylation sites (tertiary alicyclic amines) is 1. The Balaban J connectivity index is 1.29. The topological polar surface area (TPSA) is 74.2 Å². The van der Waals surface area contributed by atoms with Crippen LogP contribution in [0.25, 0.3) is 0 Å². The van der Waals surface area contributed by atoms with Crippen molar-refractivity contribution in [3.05, 3.63) is 58.1 Å². The van der Waals surface area contributed by atoms with Gasteiger partial charge in [0.25, 0.3) is 0 Å². The van der Waals surface area contributed by atoms with Crippen molar-refractivity contribution in [2.45, 2.75) is 38.0 Å². The number of benzene rings is 2. The van der Waals surface area contributed by atoms with Gasteiger partial charge < -0.3 is 29.9 Å². The Morgan fingerprint density at radius 2 is 1.69 bits per heavy atom. The molecule has 1 aliphatic rings. The van der Waals surface area contributed by atoms with E-state index in [4.69, 9.17) is 32.7 Å². The van der Waals surface area contributed by atoms with Gasteiger partial charge in [-0.1, -0.05) is 40.9 Å². The van der Waals surface area contributed by atoms with Crippen LogP contribution in [0.4, 0.5) is 0 Å². The third-order valence-electron chi connectivity index (χ3n) is 5.49. The van der Waals surface area contributed by atoms with Gasteiger partial charge in [0.2, 0.25) is 0 Å². The average molecular weight is 483 g/mol. The second-order valence-electron chi connectivity index (χ2n) is 8.30. The SMILES string of the molecule is Cc1ccc(OC[C@@H](O)CNC2CCN(C[C@H](O)COc3cc(Cl)ccc3Cl)CC2)cc1. The molecule has 0 bridgehead atoms. The molecular weight excluding hydrogens is 451 g/mol. The van der Waals surface area contributed by atoms with Gasteiger partial charge in [-0.3, -0.25) is 0 Å². The Bertz CT molecular complexity index is 829. The molecule has 3 N–H and O–H groups in total. The summed E-state index contributed by atoms with van der Waals surface area (Å²) < 4.78 is 11.3. The largest absolute Gasteiger partial charge is 0.491 e. The molecule has 2 aromatic carbocycles. The van der Waals surface area contributed by atoms with Crippen molar-refractivity contribution in [2.24, 2.45) is 0 Å². The van der Waals surface area contributed by atoms with Gasteiger partial charge in [0.1, 0.15) is 36.9 Å². The van der Waals surface area contributed by atoms with Crippen LogP contribution < -0.4 is 14.8 Å². The van der Waals surface area contributed by atoms with E-state index < -0.39 is 12.2 Å². The van der Waals surface area contributed by atoms with E-state index in [-0.39, 0.29) is 13.2 Å². The van der Waals surface area contributed by atoms with Crippen molar-refractivity contribution in [3.63, 3.8) is 0 Å². The first-order valence-corrected chi connectivity index (χ1v) is 11.7. The lowest BCUT2D eigenvalue weighted by Crippen LogP contribution is -2.47. The number of rotatable bonds is 11. The highest BCUT2D eigenvalue weighted by atomic mass is 35.5. The lowest BCUT2D eigenvalue weighted by molar-refractivity contribution is 0.0556. The third-order valence-corrected chi connectivity index (χ3v) is 6.03. The number of hydrogen-bond acceptors (Lipinski definition) is 6. The Morgan fingerprint density at radius 1 is 1.00 bits per heavy atom. The molecule has 3 rings (SSSR count). The van der Waals surface area contributed by atoms with Crippen LogP contribution in [0.3, 0.4) is 0 Å². The number of hydrogen-bond donors (Lipinski definition) is 3. The fourth-order valence-corrected chi connectivity index (χ4v) is 3.97. The highest BCUT2D eigenvalue weighted by Gasteiger charge is 2.22. The summed E-state index contributed by atoms with van der Waals surface area (Å²) in [6, 6.07) is 13.2. The molecule has 0 amide bonds. The van der Waals surface area contributed by atoms with Crippen molar-refractivity contribution in [1.82, 2.24) is 10.2 Å². The van der Waals surface area contributed by atoms with Crippen molar-refractivity contribution in [2.75, 3.05) is 39.4 Å². The maximum atomic E-state index is 10.3. The Morgan fingerprint density at radius 3 is 2.41 bits per heavy atom. The van der Waals surface area contributed by atoms with Crippen LogP contribution in [0.1, 0.15) is 18.4 Å². The summed E-state index contributed by atoms with van der Waals surface area (Å²) in [4.78, 5) is 2.22. The smallest absolute Gasteiger partial charge is 0.139 e. The number of ether oxygens (including phenoxy) is 2. The van der Waals surface area contributed by atoms with E-state index in [1.165, 1.54) is 5.56 Å². The number of aliphatic hydroxyl groups excluding tert-OH is 2. The number of halogens is 2. The normalized spacial score (nSPS) is 17.2. The van der Waals surface area contributed by atoms with Gasteiger partial charge in [-0.05, 0) is 57.1 Å². The quantitative estimate of drug-likeness (QED) is 0.454. The van der Waals surface area contributed by atoms with Crippen LogP contribution in [-0.2, 0) is 0 Å². The molecule has 1 saturated heterocycles. The minimum Gasteiger partial charge on any atom is -0.491 e. The second kappa shape index (κ2) is 12.6. The zero-order chi connectivity index (χ0) is 22.9. The number of aryl methyl sites for hydroxylation is 1. The monoisotopic (exact) mass is 482 g/mol. The summed E-state index contributed by atoms with van der Waals surface area (Å²) in [6.07, 6.45) is 0.736. The maximum Gasteiger partial charge on any atom is 0.139 e. The van der Waals surface area contributed by atoms with Crippen LogP contribution in [-0.4, -0.2) is 72.8 Å². The molecular formula is C24H32Cl2N2O4. The lowest BCUT2D eigenvalue weighted by atomic mass is 10.0. The van der Waals surface area contributed by atoms with E-state index in [9.17, 15) is 10.2 Å². The number of piperidine rings is 1. The van der Waals surface area contributed by atoms with E-state index in [1.807, 2.05) is 31.2 Å². The molecule has 2 aromatic rings. The van der Waals surface area contributed by atoms with Gasteiger partial charge >= 0.3 is 0 Å². The molecule has 0 unspecified atom stereocenters. The maximum absolute atomic E-state index is 10.3. The van der Waals surface area contributed by atoms with E-state index in [0.29, 0.717) is 34.9 Å². The Hall–Kier alpha value is -1.54. The van der Waals surface area contributed by atoms with E-state index in [1.54, 1.807) is 18.2 Å². The van der Waals surface area contributed by atoms with Crippen molar-refractivity contribution >= 4 is 23.2 Å². The molecule has 176 valence electrons. The van der Waals surface area contributed by atoms with Crippen LogP contribution in [0.2, 0.25) is 10.0 Å². The zero-order valence-corrected chi connectivity index (χ0v) is 19.9. The zero-order valence-electron chi connectivity index (χ0n) is 18.3. The highest BCUT2D eigenvalue weighted by Crippen LogP contribution is 2.27. The molecule has 2 atom stereocenters. The Kier molecular flexibility index (Phi) is 9.91. The molecule has 0 radical (unpaired) electrons.